The van der Waals surface area contributed by atoms with Crippen molar-refractivity contribution < 1.29 is 14.4 Å². The second-order valence-corrected chi connectivity index (χ2v) is 3.81. The molecule has 0 saturated heterocycles. The van der Waals surface area contributed by atoms with Gasteiger partial charge in [0.1, 0.15) is 5.78 Å². The minimum absolute atomic E-state index is 0.265. The second-order valence-electron chi connectivity index (χ2n) is 3.81. The van der Waals surface area contributed by atoms with Gasteiger partial charge in [-0.3, -0.25) is 4.79 Å². The highest BCUT2D eigenvalue weighted by atomic mass is 16.7. The van der Waals surface area contributed by atoms with E-state index >= 15 is 0 Å². The van der Waals surface area contributed by atoms with Crippen molar-refractivity contribution >= 4 is 11.8 Å². The average molecular weight is 215 g/mol. The highest BCUT2D eigenvalue weighted by Crippen LogP contribution is 2.08. The number of carbonyl (C=O) groups is 2. The zero-order valence-electron chi connectivity index (χ0n) is 9.46. The molecule has 0 atom stereocenters. The van der Waals surface area contributed by atoms with Crippen molar-refractivity contribution in [1.29, 1.82) is 0 Å². The summed E-state index contributed by atoms with van der Waals surface area (Å²) in [5.74, 6) is 4.62. The Morgan fingerprint density at radius 1 is 0.933 bits per heavy atom. The number of unbranched alkanes of at least 4 members (excludes halogenated alkanes) is 5. The number of nitrogens with two attached hydrogens (primary N) is 1. The van der Waals surface area contributed by atoms with E-state index in [1.807, 2.05) is 0 Å². The molecule has 0 saturated carbocycles. The minimum Gasteiger partial charge on any atom is -0.373 e. The van der Waals surface area contributed by atoms with E-state index in [0.717, 1.165) is 38.5 Å². The van der Waals surface area contributed by atoms with Gasteiger partial charge in [0, 0.05) is 12.8 Å². The van der Waals surface area contributed by atoms with Crippen molar-refractivity contribution in [2.24, 2.45) is 5.90 Å². The van der Waals surface area contributed by atoms with Crippen molar-refractivity contribution in [2.75, 3.05) is 0 Å². The number of Topliss-reactive ketones (excluding diaryl/α,β-unsaturated/α-hetero) is 1. The van der Waals surface area contributed by atoms with E-state index in [0.29, 0.717) is 12.8 Å². The summed E-state index contributed by atoms with van der Waals surface area (Å²) in [7, 11) is 0. The summed E-state index contributed by atoms with van der Waals surface area (Å²) in [6, 6.07) is 0. The lowest BCUT2D eigenvalue weighted by atomic mass is 10.1. The lowest BCUT2D eigenvalue weighted by Crippen LogP contribution is -2.08. The van der Waals surface area contributed by atoms with E-state index in [1.165, 1.54) is 0 Å². The van der Waals surface area contributed by atoms with Gasteiger partial charge >= 0.3 is 5.97 Å². The average Bonchev–Trinajstić information content (AvgIpc) is 2.21. The van der Waals surface area contributed by atoms with Crippen molar-refractivity contribution in [3.8, 4) is 0 Å². The van der Waals surface area contributed by atoms with Crippen LogP contribution in [0.4, 0.5) is 0 Å². The SMILES string of the molecule is CC(=O)CCCCCCCCC(=O)ON. The van der Waals surface area contributed by atoms with Gasteiger partial charge in [0.2, 0.25) is 0 Å². The molecule has 0 bridgehead atoms. The first-order valence-electron chi connectivity index (χ1n) is 5.56. The van der Waals surface area contributed by atoms with E-state index in [-0.39, 0.29) is 11.8 Å². The summed E-state index contributed by atoms with van der Waals surface area (Å²) >= 11 is 0. The molecule has 4 nitrogen and oxygen atoms in total. The summed E-state index contributed by atoms with van der Waals surface area (Å²) in [6.45, 7) is 1.62. The Kier molecular flexibility index (Phi) is 9.07. The molecule has 0 aliphatic heterocycles. The molecule has 0 aromatic rings. The van der Waals surface area contributed by atoms with Gasteiger partial charge in [0.15, 0.2) is 0 Å². The monoisotopic (exact) mass is 215 g/mol. The van der Waals surface area contributed by atoms with Crippen molar-refractivity contribution in [3.63, 3.8) is 0 Å². The third-order valence-corrected chi connectivity index (χ3v) is 2.29. The molecule has 0 spiro atoms. The van der Waals surface area contributed by atoms with Gasteiger partial charge in [0.05, 0.1) is 0 Å². The van der Waals surface area contributed by atoms with Gasteiger partial charge in [-0.25, -0.2) is 0 Å². The van der Waals surface area contributed by atoms with Crippen molar-refractivity contribution in [1.82, 2.24) is 0 Å². The molecular formula is C11H21NO3. The summed E-state index contributed by atoms with van der Waals surface area (Å²) in [6.07, 6.45) is 7.28. The standard InChI is InChI=1S/C11H21NO3/c1-10(13)8-6-4-2-3-5-7-9-11(14)15-12/h2-9,12H2,1H3. The van der Waals surface area contributed by atoms with Crippen molar-refractivity contribution in [3.05, 3.63) is 0 Å². The Labute approximate surface area is 91.1 Å². The zero-order chi connectivity index (χ0) is 11.5. The van der Waals surface area contributed by atoms with Crippen LogP contribution in [0.25, 0.3) is 0 Å². The van der Waals surface area contributed by atoms with Crippen LogP contribution in [0.2, 0.25) is 0 Å². The van der Waals surface area contributed by atoms with Gasteiger partial charge in [-0.1, -0.05) is 25.7 Å². The molecule has 0 aliphatic carbocycles. The van der Waals surface area contributed by atoms with Crippen LogP contribution in [0.1, 0.15) is 58.3 Å². The highest BCUT2D eigenvalue weighted by molar-refractivity contribution is 5.75. The Morgan fingerprint density at radius 2 is 1.40 bits per heavy atom. The second kappa shape index (κ2) is 9.65. The van der Waals surface area contributed by atoms with Crippen molar-refractivity contribution in [2.45, 2.75) is 58.3 Å². The molecule has 0 aromatic carbocycles. The van der Waals surface area contributed by atoms with Crippen LogP contribution in [-0.4, -0.2) is 11.8 Å². The molecule has 0 radical (unpaired) electrons. The van der Waals surface area contributed by atoms with Crippen LogP contribution >= 0.6 is 0 Å². The molecule has 88 valence electrons. The summed E-state index contributed by atoms with van der Waals surface area (Å²) in [4.78, 5) is 25.3. The molecule has 0 unspecified atom stereocenters. The van der Waals surface area contributed by atoms with Gasteiger partial charge in [-0.05, 0) is 19.8 Å². The maximum Gasteiger partial charge on any atom is 0.324 e. The van der Waals surface area contributed by atoms with Crippen LogP contribution in [0.15, 0.2) is 0 Å². The van der Waals surface area contributed by atoms with Crippen LogP contribution in [0.3, 0.4) is 0 Å². The smallest absolute Gasteiger partial charge is 0.324 e. The van der Waals surface area contributed by atoms with Gasteiger partial charge < -0.3 is 9.63 Å². The Bertz CT molecular complexity index is 192. The topological polar surface area (TPSA) is 69.4 Å². The quantitative estimate of drug-likeness (QED) is 0.472. The Hall–Kier alpha value is -0.900. The third kappa shape index (κ3) is 11.0. The maximum atomic E-state index is 10.6. The summed E-state index contributed by atoms with van der Waals surface area (Å²) < 4.78 is 0. The fourth-order valence-corrected chi connectivity index (χ4v) is 1.41. The molecule has 0 aromatic heterocycles. The van der Waals surface area contributed by atoms with Gasteiger partial charge in [0.25, 0.3) is 0 Å². The molecule has 0 amide bonds. The largest absolute Gasteiger partial charge is 0.373 e. The fourth-order valence-electron chi connectivity index (χ4n) is 1.41. The Morgan fingerprint density at radius 3 is 1.87 bits per heavy atom. The van der Waals surface area contributed by atoms with Gasteiger partial charge in [-0.15, -0.1) is 0 Å². The minimum atomic E-state index is -0.341. The normalized spacial score (nSPS) is 10.0. The third-order valence-electron chi connectivity index (χ3n) is 2.29. The van der Waals surface area contributed by atoms with E-state index in [2.05, 4.69) is 4.84 Å². The lowest BCUT2D eigenvalue weighted by Gasteiger charge is -2.00. The lowest BCUT2D eigenvalue weighted by molar-refractivity contribution is -0.144. The van der Waals surface area contributed by atoms with Crippen LogP contribution < -0.4 is 5.90 Å². The molecular weight excluding hydrogens is 194 g/mol. The highest BCUT2D eigenvalue weighted by Gasteiger charge is 1.99. The van der Waals surface area contributed by atoms with E-state index < -0.39 is 0 Å². The number of ketones is 1. The van der Waals surface area contributed by atoms with Gasteiger partial charge in [-0.2, -0.15) is 5.90 Å². The molecule has 0 aliphatic rings. The molecule has 15 heavy (non-hydrogen) atoms. The van der Waals surface area contributed by atoms with E-state index in [4.69, 9.17) is 5.90 Å². The molecule has 4 heteroatoms. The molecule has 0 fully saturated rings. The molecule has 0 rings (SSSR count). The zero-order valence-corrected chi connectivity index (χ0v) is 9.46. The molecule has 2 N–H and O–H groups in total. The molecule has 0 heterocycles. The summed E-state index contributed by atoms with van der Waals surface area (Å²) in [5, 5.41) is 0. The number of rotatable bonds is 9. The summed E-state index contributed by atoms with van der Waals surface area (Å²) in [5.41, 5.74) is 0. The number of hydrogen-bond acceptors (Lipinski definition) is 4. The van der Waals surface area contributed by atoms with Crippen LogP contribution in [0, 0.1) is 0 Å². The predicted molar refractivity (Wildman–Crippen MR) is 57.9 cm³/mol. The first kappa shape index (κ1) is 14.1. The number of hydrogen-bond donors (Lipinski definition) is 1. The first-order chi connectivity index (χ1) is 7.16. The Balaban J connectivity index is 3.05. The van der Waals surface area contributed by atoms with E-state index in [1.54, 1.807) is 6.92 Å². The van der Waals surface area contributed by atoms with Crippen LogP contribution in [0.5, 0.6) is 0 Å². The first-order valence-corrected chi connectivity index (χ1v) is 5.56. The van der Waals surface area contributed by atoms with Crippen LogP contribution in [-0.2, 0) is 14.4 Å². The number of carbonyl (C=O) groups excluding carboxylic acids is 2. The van der Waals surface area contributed by atoms with E-state index in [9.17, 15) is 9.59 Å². The predicted octanol–water partition coefficient (Wildman–Crippen LogP) is 2.11. The fraction of sp³-hybridized carbons (Fsp3) is 0.818. The maximum absolute atomic E-state index is 10.6.